The van der Waals surface area contributed by atoms with Gasteiger partial charge in [-0.25, -0.2) is 0 Å². The third kappa shape index (κ3) is 1.90. The fraction of sp³-hybridized carbons (Fsp3) is 0.500. The van der Waals surface area contributed by atoms with Gasteiger partial charge in [-0.1, -0.05) is 0 Å². The summed E-state index contributed by atoms with van der Waals surface area (Å²) >= 11 is 0. The van der Waals surface area contributed by atoms with Gasteiger partial charge >= 0.3 is 0 Å². The lowest BCUT2D eigenvalue weighted by molar-refractivity contribution is 0.410. The van der Waals surface area contributed by atoms with E-state index in [0.717, 1.165) is 12.2 Å². The average Bonchev–Trinajstić information content (AvgIpc) is 2.18. The van der Waals surface area contributed by atoms with E-state index >= 15 is 0 Å². The van der Waals surface area contributed by atoms with Crippen molar-refractivity contribution >= 4 is 0 Å². The SMILES string of the molecule is COc1cc(C)c(CCN)c(C)c1C. The first kappa shape index (κ1) is 11.1. The molecule has 0 atom stereocenters. The molecule has 0 aliphatic carbocycles. The Hall–Kier alpha value is -1.02. The fourth-order valence-electron chi connectivity index (χ4n) is 1.84. The van der Waals surface area contributed by atoms with Crippen LogP contribution in [0.15, 0.2) is 6.07 Å². The van der Waals surface area contributed by atoms with Crippen LogP contribution < -0.4 is 10.5 Å². The molecule has 14 heavy (non-hydrogen) atoms. The minimum absolute atomic E-state index is 0.702. The number of hydrogen-bond acceptors (Lipinski definition) is 2. The van der Waals surface area contributed by atoms with Crippen LogP contribution in [-0.4, -0.2) is 13.7 Å². The van der Waals surface area contributed by atoms with Crippen LogP contribution in [-0.2, 0) is 6.42 Å². The third-order valence-corrected chi connectivity index (χ3v) is 2.82. The van der Waals surface area contributed by atoms with Gasteiger partial charge in [0.05, 0.1) is 7.11 Å². The van der Waals surface area contributed by atoms with Crippen LogP contribution >= 0.6 is 0 Å². The molecule has 0 aliphatic heterocycles. The molecular formula is C12H19NO. The molecule has 0 unspecified atom stereocenters. The molecule has 1 aromatic carbocycles. The molecule has 0 aromatic heterocycles. The average molecular weight is 193 g/mol. The van der Waals surface area contributed by atoms with Crippen molar-refractivity contribution in [1.29, 1.82) is 0 Å². The quantitative estimate of drug-likeness (QED) is 0.798. The molecule has 0 radical (unpaired) electrons. The summed E-state index contributed by atoms with van der Waals surface area (Å²) in [6, 6.07) is 2.09. The monoisotopic (exact) mass is 193 g/mol. The Morgan fingerprint density at radius 2 is 1.86 bits per heavy atom. The van der Waals surface area contributed by atoms with E-state index in [1.54, 1.807) is 7.11 Å². The first-order valence-corrected chi connectivity index (χ1v) is 4.95. The summed E-state index contributed by atoms with van der Waals surface area (Å²) in [7, 11) is 1.71. The number of ether oxygens (including phenoxy) is 1. The maximum absolute atomic E-state index is 5.59. The second-order valence-electron chi connectivity index (χ2n) is 3.66. The minimum Gasteiger partial charge on any atom is -0.496 e. The van der Waals surface area contributed by atoms with E-state index in [9.17, 15) is 0 Å². The molecular weight excluding hydrogens is 174 g/mol. The Kier molecular flexibility index (Phi) is 3.53. The zero-order valence-corrected chi connectivity index (χ0v) is 9.48. The van der Waals surface area contributed by atoms with Gasteiger partial charge in [0.25, 0.3) is 0 Å². The van der Waals surface area contributed by atoms with Crippen molar-refractivity contribution in [3.05, 3.63) is 28.3 Å². The van der Waals surface area contributed by atoms with E-state index in [1.807, 2.05) is 0 Å². The van der Waals surface area contributed by atoms with Gasteiger partial charge in [0.1, 0.15) is 5.75 Å². The molecule has 1 rings (SSSR count). The molecule has 2 heteroatoms. The maximum Gasteiger partial charge on any atom is 0.122 e. The van der Waals surface area contributed by atoms with Gasteiger partial charge in [-0.05, 0) is 62.1 Å². The van der Waals surface area contributed by atoms with Crippen LogP contribution in [0.4, 0.5) is 0 Å². The molecule has 0 saturated heterocycles. The van der Waals surface area contributed by atoms with E-state index in [-0.39, 0.29) is 0 Å². The highest BCUT2D eigenvalue weighted by molar-refractivity contribution is 5.48. The molecule has 0 bridgehead atoms. The van der Waals surface area contributed by atoms with Crippen molar-refractivity contribution < 1.29 is 4.74 Å². The number of methoxy groups -OCH3 is 1. The lowest BCUT2D eigenvalue weighted by Crippen LogP contribution is -2.07. The van der Waals surface area contributed by atoms with E-state index < -0.39 is 0 Å². The van der Waals surface area contributed by atoms with Crippen LogP contribution in [0, 0.1) is 20.8 Å². The summed E-state index contributed by atoms with van der Waals surface area (Å²) in [5.41, 5.74) is 10.8. The summed E-state index contributed by atoms with van der Waals surface area (Å²) in [4.78, 5) is 0. The fourth-order valence-corrected chi connectivity index (χ4v) is 1.84. The van der Waals surface area contributed by atoms with Gasteiger partial charge in [0.15, 0.2) is 0 Å². The van der Waals surface area contributed by atoms with Gasteiger partial charge in [-0.3, -0.25) is 0 Å². The standard InChI is InChI=1S/C12H19NO/c1-8-7-12(14-4)10(3)9(2)11(8)5-6-13/h7H,5-6,13H2,1-4H3. The Labute approximate surface area is 86.1 Å². The Morgan fingerprint density at radius 3 is 2.36 bits per heavy atom. The Balaban J connectivity index is 3.26. The van der Waals surface area contributed by atoms with Crippen LogP contribution in [0.25, 0.3) is 0 Å². The first-order chi connectivity index (χ1) is 6.61. The topological polar surface area (TPSA) is 35.2 Å². The lowest BCUT2D eigenvalue weighted by Gasteiger charge is -2.15. The summed E-state index contributed by atoms with van der Waals surface area (Å²) in [6.45, 7) is 7.04. The molecule has 1 aromatic rings. The first-order valence-electron chi connectivity index (χ1n) is 4.95. The molecule has 0 heterocycles. The van der Waals surface area contributed by atoms with E-state index in [2.05, 4.69) is 26.8 Å². The van der Waals surface area contributed by atoms with Crippen LogP contribution in [0.2, 0.25) is 0 Å². The van der Waals surface area contributed by atoms with Crippen LogP contribution in [0.1, 0.15) is 22.3 Å². The van der Waals surface area contributed by atoms with Gasteiger partial charge < -0.3 is 10.5 Å². The number of nitrogens with two attached hydrogens (primary N) is 1. The zero-order chi connectivity index (χ0) is 10.7. The zero-order valence-electron chi connectivity index (χ0n) is 9.48. The van der Waals surface area contributed by atoms with Gasteiger partial charge in [0, 0.05) is 0 Å². The minimum atomic E-state index is 0.702. The highest BCUT2D eigenvalue weighted by atomic mass is 16.5. The van der Waals surface area contributed by atoms with E-state index in [4.69, 9.17) is 10.5 Å². The van der Waals surface area contributed by atoms with Crippen LogP contribution in [0.3, 0.4) is 0 Å². The van der Waals surface area contributed by atoms with Crippen molar-refractivity contribution in [1.82, 2.24) is 0 Å². The maximum atomic E-state index is 5.59. The number of benzene rings is 1. The Bertz CT molecular complexity index is 332. The highest BCUT2D eigenvalue weighted by Gasteiger charge is 2.09. The summed E-state index contributed by atoms with van der Waals surface area (Å²) in [5.74, 6) is 0.973. The van der Waals surface area contributed by atoms with E-state index in [0.29, 0.717) is 6.54 Å². The second kappa shape index (κ2) is 4.47. The molecule has 0 spiro atoms. The van der Waals surface area contributed by atoms with Crippen LogP contribution in [0.5, 0.6) is 5.75 Å². The molecule has 2 N–H and O–H groups in total. The predicted octanol–water partition coefficient (Wildman–Crippen LogP) is 2.12. The van der Waals surface area contributed by atoms with Crippen molar-refractivity contribution in [2.24, 2.45) is 5.73 Å². The predicted molar refractivity (Wildman–Crippen MR) is 60.0 cm³/mol. The number of aryl methyl sites for hydroxylation is 1. The molecule has 0 saturated carbocycles. The summed E-state index contributed by atoms with van der Waals surface area (Å²) in [5, 5.41) is 0. The number of rotatable bonds is 3. The molecule has 78 valence electrons. The van der Waals surface area contributed by atoms with Crippen molar-refractivity contribution in [3.63, 3.8) is 0 Å². The van der Waals surface area contributed by atoms with Crippen molar-refractivity contribution in [2.45, 2.75) is 27.2 Å². The molecule has 2 nitrogen and oxygen atoms in total. The Morgan fingerprint density at radius 1 is 1.21 bits per heavy atom. The molecule has 0 amide bonds. The van der Waals surface area contributed by atoms with Gasteiger partial charge in [0.2, 0.25) is 0 Å². The summed E-state index contributed by atoms with van der Waals surface area (Å²) in [6.07, 6.45) is 0.947. The largest absolute Gasteiger partial charge is 0.496 e. The van der Waals surface area contributed by atoms with E-state index in [1.165, 1.54) is 22.3 Å². The molecule has 0 fully saturated rings. The summed E-state index contributed by atoms with van der Waals surface area (Å²) < 4.78 is 5.31. The van der Waals surface area contributed by atoms with Crippen molar-refractivity contribution in [3.8, 4) is 5.75 Å². The number of hydrogen-bond donors (Lipinski definition) is 1. The molecule has 0 aliphatic rings. The highest BCUT2D eigenvalue weighted by Crippen LogP contribution is 2.27. The third-order valence-electron chi connectivity index (χ3n) is 2.82. The van der Waals surface area contributed by atoms with Gasteiger partial charge in [-0.2, -0.15) is 0 Å². The second-order valence-corrected chi connectivity index (χ2v) is 3.66. The normalized spacial score (nSPS) is 10.4. The van der Waals surface area contributed by atoms with Crippen molar-refractivity contribution in [2.75, 3.05) is 13.7 Å². The lowest BCUT2D eigenvalue weighted by atomic mass is 9.95. The van der Waals surface area contributed by atoms with Gasteiger partial charge in [-0.15, -0.1) is 0 Å². The smallest absolute Gasteiger partial charge is 0.122 e.